The quantitative estimate of drug-likeness (QED) is 0.358. The highest BCUT2D eigenvalue weighted by molar-refractivity contribution is 8.02. The molecule has 46 heavy (non-hydrogen) atoms. The molecule has 0 aliphatic carbocycles. The fourth-order valence-corrected chi connectivity index (χ4v) is 10.1. The zero-order valence-electron chi connectivity index (χ0n) is 25.5. The summed E-state index contributed by atoms with van der Waals surface area (Å²) in [5.41, 5.74) is 2.63. The van der Waals surface area contributed by atoms with Gasteiger partial charge in [-0.3, -0.25) is 14.4 Å². The second-order valence-electron chi connectivity index (χ2n) is 12.7. The Morgan fingerprint density at radius 3 is 2.15 bits per heavy atom. The summed E-state index contributed by atoms with van der Waals surface area (Å²) < 4.78 is -1.74. The van der Waals surface area contributed by atoms with Gasteiger partial charge in [-0.05, 0) is 48.7 Å². The van der Waals surface area contributed by atoms with E-state index in [1.165, 1.54) is 0 Å². The first-order chi connectivity index (χ1) is 22.3. The van der Waals surface area contributed by atoms with E-state index in [4.69, 9.17) is 11.6 Å². The van der Waals surface area contributed by atoms with E-state index in [-0.39, 0.29) is 24.3 Å². The third-order valence-corrected chi connectivity index (χ3v) is 11.9. The van der Waals surface area contributed by atoms with Gasteiger partial charge in [-0.1, -0.05) is 96.6 Å². The van der Waals surface area contributed by atoms with Crippen molar-refractivity contribution >= 4 is 46.8 Å². The third kappa shape index (κ3) is 5.07. The minimum absolute atomic E-state index is 0.0945. The summed E-state index contributed by atoms with van der Waals surface area (Å²) in [4.78, 5) is 49.6. The number of nitrogens with zero attached hydrogens (tertiary/aromatic N) is 3. The molecule has 0 saturated carbocycles. The minimum atomic E-state index is -1.02. The van der Waals surface area contributed by atoms with Crippen LogP contribution in [0.25, 0.3) is 0 Å². The van der Waals surface area contributed by atoms with Gasteiger partial charge >= 0.3 is 0 Å². The number of benzene rings is 3. The van der Waals surface area contributed by atoms with Gasteiger partial charge < -0.3 is 19.8 Å². The molecular formula is C37H36ClN3O4S. The Hall–Kier alpha value is -3.85. The zero-order valence-corrected chi connectivity index (χ0v) is 27.1. The molecule has 3 amide bonds. The molecule has 236 valence electrons. The number of amides is 3. The maximum absolute atomic E-state index is 15.0. The number of thioether (sulfide) groups is 1. The number of anilines is 1. The van der Waals surface area contributed by atoms with E-state index in [1.54, 1.807) is 45.8 Å². The number of hydrogen-bond donors (Lipinski definition) is 1. The Balaban J connectivity index is 1.34. The zero-order chi connectivity index (χ0) is 32.1. The maximum atomic E-state index is 15.0. The Bertz CT molecular complexity index is 1700. The van der Waals surface area contributed by atoms with Crippen LogP contribution in [0.2, 0.25) is 5.02 Å². The van der Waals surface area contributed by atoms with Gasteiger partial charge in [0, 0.05) is 35.1 Å². The fraction of sp³-hybridized carbons (Fsp3) is 0.324. The van der Waals surface area contributed by atoms with Gasteiger partial charge in [-0.2, -0.15) is 0 Å². The van der Waals surface area contributed by atoms with Crippen molar-refractivity contribution in [1.29, 1.82) is 0 Å². The maximum Gasteiger partial charge on any atom is 0.251 e. The Morgan fingerprint density at radius 1 is 0.826 bits per heavy atom. The predicted molar refractivity (Wildman–Crippen MR) is 181 cm³/mol. The van der Waals surface area contributed by atoms with E-state index >= 15 is 0 Å². The van der Waals surface area contributed by atoms with Crippen molar-refractivity contribution in [1.82, 2.24) is 9.80 Å². The minimum Gasteiger partial charge on any atom is -0.394 e. The average Bonchev–Trinajstić information content (AvgIpc) is 3.34. The normalized spacial score (nSPS) is 29.3. The Kier molecular flexibility index (Phi) is 8.07. The van der Waals surface area contributed by atoms with Crippen LogP contribution in [0.15, 0.2) is 109 Å². The number of aliphatic hydroxyl groups excluding tert-OH is 1. The van der Waals surface area contributed by atoms with Gasteiger partial charge in [-0.25, -0.2) is 0 Å². The molecule has 0 bridgehead atoms. The first kappa shape index (κ1) is 30.8. The number of halogens is 1. The van der Waals surface area contributed by atoms with Crippen LogP contribution in [0, 0.1) is 11.8 Å². The second kappa shape index (κ2) is 12.1. The van der Waals surface area contributed by atoms with Crippen LogP contribution < -0.4 is 4.90 Å². The van der Waals surface area contributed by atoms with Crippen molar-refractivity contribution in [3.8, 4) is 0 Å². The molecule has 1 unspecified atom stereocenters. The summed E-state index contributed by atoms with van der Waals surface area (Å²) in [5, 5.41) is 11.4. The molecule has 2 saturated heterocycles. The number of fused-ring (bicyclic) bond motifs is 2. The van der Waals surface area contributed by atoms with Crippen LogP contribution in [0.4, 0.5) is 5.69 Å². The number of rotatable bonds is 7. The number of carbonyl (C=O) groups excluding carboxylic acids is 3. The number of hydrogen-bond acceptors (Lipinski definition) is 5. The van der Waals surface area contributed by atoms with Crippen molar-refractivity contribution in [3.63, 3.8) is 0 Å². The number of carbonyl (C=O) groups is 3. The molecule has 4 heterocycles. The van der Waals surface area contributed by atoms with Crippen LogP contribution >= 0.6 is 23.4 Å². The first-order valence-corrected chi connectivity index (χ1v) is 16.9. The number of aliphatic hydroxyl groups is 1. The fourth-order valence-electron chi connectivity index (χ4n) is 7.84. The van der Waals surface area contributed by atoms with E-state index in [2.05, 4.69) is 6.08 Å². The number of likely N-dealkylation sites (tertiary alicyclic amines) is 1. The molecule has 2 fully saturated rings. The second-order valence-corrected chi connectivity index (χ2v) is 14.9. The lowest BCUT2D eigenvalue weighted by atomic mass is 9.74. The van der Waals surface area contributed by atoms with E-state index in [1.807, 2.05) is 90.7 Å². The van der Waals surface area contributed by atoms with Crippen molar-refractivity contribution in [2.24, 2.45) is 11.8 Å². The van der Waals surface area contributed by atoms with Crippen LogP contribution in [0.3, 0.4) is 0 Å². The van der Waals surface area contributed by atoms with E-state index in [9.17, 15) is 19.5 Å². The molecule has 3 aromatic rings. The molecule has 4 aliphatic rings. The summed E-state index contributed by atoms with van der Waals surface area (Å²) in [7, 11) is 0. The Labute approximate surface area is 278 Å². The molecule has 4 aliphatic heterocycles. The molecule has 0 aromatic heterocycles. The van der Waals surface area contributed by atoms with Crippen LogP contribution in [0.1, 0.15) is 18.1 Å². The lowest BCUT2D eigenvalue weighted by Gasteiger charge is -2.39. The van der Waals surface area contributed by atoms with Crippen LogP contribution in [-0.2, 0) is 27.3 Å². The van der Waals surface area contributed by atoms with Crippen LogP contribution in [0.5, 0.6) is 0 Å². The van der Waals surface area contributed by atoms with E-state index < -0.39 is 33.4 Å². The Morgan fingerprint density at radius 2 is 1.48 bits per heavy atom. The van der Waals surface area contributed by atoms with Crippen molar-refractivity contribution in [2.75, 3.05) is 24.6 Å². The van der Waals surface area contributed by atoms with Crippen molar-refractivity contribution in [3.05, 3.63) is 125 Å². The monoisotopic (exact) mass is 653 g/mol. The molecule has 7 rings (SSSR count). The molecule has 1 spiro atoms. The summed E-state index contributed by atoms with van der Waals surface area (Å²) >= 11 is 7.74. The molecular weight excluding hydrogens is 618 g/mol. The smallest absolute Gasteiger partial charge is 0.251 e. The van der Waals surface area contributed by atoms with Gasteiger partial charge in [0.25, 0.3) is 5.91 Å². The highest BCUT2D eigenvalue weighted by Crippen LogP contribution is 2.66. The van der Waals surface area contributed by atoms with Crippen molar-refractivity contribution in [2.45, 2.75) is 41.5 Å². The molecule has 7 nitrogen and oxygen atoms in total. The summed E-state index contributed by atoms with van der Waals surface area (Å²) in [6.45, 7) is 2.88. The first-order valence-electron chi connectivity index (χ1n) is 15.7. The molecule has 1 N–H and O–H groups in total. The lowest BCUT2D eigenvalue weighted by molar-refractivity contribution is -0.145. The third-order valence-electron chi connectivity index (χ3n) is 9.85. The van der Waals surface area contributed by atoms with Gasteiger partial charge in [0.05, 0.1) is 29.2 Å². The molecule has 0 radical (unpaired) electrons. The van der Waals surface area contributed by atoms with Gasteiger partial charge in [0.2, 0.25) is 11.8 Å². The summed E-state index contributed by atoms with van der Waals surface area (Å²) in [6, 6.07) is 25.1. The summed E-state index contributed by atoms with van der Waals surface area (Å²) in [5.74, 6) is -2.09. The van der Waals surface area contributed by atoms with Gasteiger partial charge in [-0.15, -0.1) is 11.8 Å². The summed E-state index contributed by atoms with van der Waals surface area (Å²) in [6.07, 6.45) is 8.44. The molecule has 9 heteroatoms. The van der Waals surface area contributed by atoms with E-state index in [0.29, 0.717) is 36.8 Å². The highest BCUT2D eigenvalue weighted by Gasteiger charge is 2.74. The van der Waals surface area contributed by atoms with E-state index in [0.717, 1.165) is 11.1 Å². The molecule has 3 aromatic carbocycles. The van der Waals surface area contributed by atoms with Crippen molar-refractivity contribution < 1.29 is 19.5 Å². The SMILES string of the molecule is C[C@@]12C=CCN(Cc3ccccc3)C(=O)[C@@H]1[C@H]1C(=O)N([C@@H](CO)Cc3ccccc3)C3C(=O)N(c4ccc(Cl)cc4)CC=C[C@@]31S2. The average molecular weight is 654 g/mol. The predicted octanol–water partition coefficient (Wildman–Crippen LogP) is 5.13. The highest BCUT2D eigenvalue weighted by atomic mass is 35.5. The molecule has 6 atom stereocenters. The lowest BCUT2D eigenvalue weighted by Crippen LogP contribution is -2.57. The van der Waals surface area contributed by atoms with Crippen LogP contribution in [-0.4, -0.2) is 73.9 Å². The topological polar surface area (TPSA) is 81.2 Å². The standard InChI is InChI=1S/C37H36ClN3O4S/c1-36-18-8-20-39(23-26-12-6-3-7-13-26)33(43)30(36)31-34(44)41(29(24-42)22-25-10-4-2-5-11-25)32-35(45)40(21-9-19-37(31,32)46-36)28-16-14-27(38)15-17-28/h2-19,29-32,42H,20-24H2,1H3/t29-,30+,31+,32?,36-,37+/m1/s1. The largest absolute Gasteiger partial charge is 0.394 e. The van der Waals surface area contributed by atoms with Gasteiger partial charge in [0.1, 0.15) is 6.04 Å². The van der Waals surface area contributed by atoms with Gasteiger partial charge in [0.15, 0.2) is 0 Å².